The van der Waals surface area contributed by atoms with Gasteiger partial charge in [-0.2, -0.15) is 0 Å². The van der Waals surface area contributed by atoms with Crippen molar-refractivity contribution in [2.75, 3.05) is 5.88 Å². The highest BCUT2D eigenvalue weighted by atomic mass is 32.2. The van der Waals surface area contributed by atoms with Gasteiger partial charge >= 0.3 is 0 Å². The van der Waals surface area contributed by atoms with Crippen molar-refractivity contribution in [3.63, 3.8) is 0 Å². The second-order valence-electron chi connectivity index (χ2n) is 4.51. The number of allylic oxidation sites excluding steroid dienone is 4. The van der Waals surface area contributed by atoms with Crippen LogP contribution in [0.4, 0.5) is 0 Å². The van der Waals surface area contributed by atoms with Crippen LogP contribution in [-0.2, 0) is 14.3 Å². The number of hydrogen-bond donors (Lipinski definition) is 1. The molecule has 2 heterocycles. The van der Waals surface area contributed by atoms with Crippen LogP contribution in [0.15, 0.2) is 48.3 Å². The summed E-state index contributed by atoms with van der Waals surface area (Å²) in [7, 11) is 0. The molecule has 0 radical (unpaired) electrons. The molecule has 2 aliphatic heterocycles. The summed E-state index contributed by atoms with van der Waals surface area (Å²) in [6.45, 7) is 0. The number of rotatable bonds is 3. The van der Waals surface area contributed by atoms with Crippen molar-refractivity contribution in [3.8, 4) is 0 Å². The normalized spacial score (nSPS) is 26.9. The zero-order chi connectivity index (χ0) is 13.1. The van der Waals surface area contributed by atoms with Crippen molar-refractivity contribution < 1.29 is 14.3 Å². The van der Waals surface area contributed by atoms with Crippen molar-refractivity contribution in [1.82, 2.24) is 5.32 Å². The van der Waals surface area contributed by atoms with Gasteiger partial charge in [-0.15, -0.1) is 11.8 Å². The molecular formula is C14H15NO3S. The first-order valence-electron chi connectivity index (χ1n) is 6.28. The maximum absolute atomic E-state index is 12.0. The van der Waals surface area contributed by atoms with Gasteiger partial charge in [-0.05, 0) is 12.8 Å². The van der Waals surface area contributed by atoms with Gasteiger partial charge in [0, 0.05) is 0 Å². The lowest BCUT2D eigenvalue weighted by Crippen LogP contribution is -2.32. The Morgan fingerprint density at radius 3 is 3.00 bits per heavy atom. The van der Waals surface area contributed by atoms with E-state index in [4.69, 9.17) is 9.47 Å². The number of carbonyl (C=O) groups is 1. The molecule has 1 fully saturated rings. The minimum absolute atomic E-state index is 0.0533. The molecule has 3 aliphatic rings. The summed E-state index contributed by atoms with van der Waals surface area (Å²) in [6.07, 6.45) is 12.8. The number of ether oxygens (including phenoxy) is 2. The van der Waals surface area contributed by atoms with Crippen LogP contribution >= 0.6 is 11.8 Å². The average Bonchev–Trinajstić information content (AvgIpc) is 2.88. The summed E-state index contributed by atoms with van der Waals surface area (Å²) in [5.41, 5.74) is 1.22. The second kappa shape index (κ2) is 5.57. The van der Waals surface area contributed by atoms with E-state index in [0.29, 0.717) is 11.6 Å². The molecule has 2 unspecified atom stereocenters. The molecule has 0 bridgehead atoms. The Morgan fingerprint density at radius 1 is 1.42 bits per heavy atom. The van der Waals surface area contributed by atoms with Gasteiger partial charge in [-0.25, -0.2) is 0 Å². The topological polar surface area (TPSA) is 47.6 Å². The molecule has 0 aromatic carbocycles. The van der Waals surface area contributed by atoms with Gasteiger partial charge in [0.1, 0.15) is 24.5 Å². The third-order valence-corrected chi connectivity index (χ3v) is 4.50. The van der Waals surface area contributed by atoms with Gasteiger partial charge < -0.3 is 14.8 Å². The Hall–Kier alpha value is -1.62. The predicted molar refractivity (Wildman–Crippen MR) is 73.7 cm³/mol. The van der Waals surface area contributed by atoms with Crippen LogP contribution in [0.25, 0.3) is 0 Å². The van der Waals surface area contributed by atoms with E-state index in [2.05, 4.69) is 17.5 Å². The molecule has 0 saturated carbocycles. The van der Waals surface area contributed by atoms with E-state index in [1.165, 1.54) is 18.1 Å². The average molecular weight is 277 g/mol. The van der Waals surface area contributed by atoms with Crippen LogP contribution < -0.4 is 5.32 Å². The van der Waals surface area contributed by atoms with Gasteiger partial charge in [0.25, 0.3) is 0 Å². The molecule has 1 aliphatic carbocycles. The highest BCUT2D eigenvalue weighted by Gasteiger charge is 2.38. The van der Waals surface area contributed by atoms with E-state index in [9.17, 15) is 4.79 Å². The van der Waals surface area contributed by atoms with Crippen LogP contribution in [0.2, 0.25) is 0 Å². The monoisotopic (exact) mass is 277 g/mol. The fraction of sp³-hybridized carbons (Fsp3) is 0.357. The highest BCUT2D eigenvalue weighted by Crippen LogP contribution is 2.38. The summed E-state index contributed by atoms with van der Waals surface area (Å²) < 4.78 is 10.7. The smallest absolute Gasteiger partial charge is 0.234 e. The lowest BCUT2D eigenvalue weighted by atomic mass is 9.87. The Labute approximate surface area is 116 Å². The van der Waals surface area contributed by atoms with E-state index in [1.807, 2.05) is 6.08 Å². The molecule has 0 aromatic heterocycles. The van der Waals surface area contributed by atoms with E-state index in [0.717, 1.165) is 12.8 Å². The molecule has 2 atom stereocenters. The maximum atomic E-state index is 12.0. The van der Waals surface area contributed by atoms with Crippen LogP contribution in [-0.4, -0.2) is 17.0 Å². The Bertz CT molecular complexity index is 493. The molecule has 1 N–H and O–H groups in total. The Kier molecular flexibility index (Phi) is 3.64. The molecular weight excluding hydrogens is 262 g/mol. The number of thioether (sulfide) groups is 1. The van der Waals surface area contributed by atoms with Crippen molar-refractivity contribution in [2.45, 2.75) is 18.1 Å². The summed E-state index contributed by atoms with van der Waals surface area (Å²) in [5, 5.41) is 2.73. The minimum Gasteiger partial charge on any atom is -0.466 e. The lowest BCUT2D eigenvalue weighted by Gasteiger charge is -2.27. The highest BCUT2D eigenvalue weighted by molar-refractivity contribution is 8.01. The standard InChI is InChI=1S/C14H15NO3S/c16-14-13(19-9-15-14)12(10-4-2-1-3-5-10)11-8-17-6-7-18-11/h1-2,4,6-8,12-13H,3,5,9H2,(H,15,16). The first-order chi connectivity index (χ1) is 9.36. The van der Waals surface area contributed by atoms with Crippen molar-refractivity contribution >= 4 is 17.7 Å². The summed E-state index contributed by atoms with van der Waals surface area (Å²) >= 11 is 1.62. The number of hydrogen-bond acceptors (Lipinski definition) is 4. The minimum atomic E-state index is -0.140. The second-order valence-corrected chi connectivity index (χ2v) is 5.63. The zero-order valence-corrected chi connectivity index (χ0v) is 11.2. The van der Waals surface area contributed by atoms with Crippen molar-refractivity contribution in [1.29, 1.82) is 0 Å². The number of carbonyl (C=O) groups excluding carboxylic acids is 1. The first kappa shape index (κ1) is 12.4. The third-order valence-electron chi connectivity index (χ3n) is 3.34. The molecule has 1 saturated heterocycles. The fourth-order valence-electron chi connectivity index (χ4n) is 2.45. The lowest BCUT2D eigenvalue weighted by molar-refractivity contribution is -0.120. The molecule has 3 rings (SSSR count). The van der Waals surface area contributed by atoms with Crippen LogP contribution in [0.1, 0.15) is 12.8 Å². The van der Waals surface area contributed by atoms with Gasteiger partial charge in [0.2, 0.25) is 5.91 Å². The number of amides is 1. The van der Waals surface area contributed by atoms with E-state index < -0.39 is 0 Å². The first-order valence-corrected chi connectivity index (χ1v) is 7.33. The molecule has 5 heteroatoms. The van der Waals surface area contributed by atoms with Crippen LogP contribution in [0, 0.1) is 5.92 Å². The quantitative estimate of drug-likeness (QED) is 0.860. The van der Waals surface area contributed by atoms with Crippen LogP contribution in [0.3, 0.4) is 0 Å². The molecule has 19 heavy (non-hydrogen) atoms. The van der Waals surface area contributed by atoms with Crippen molar-refractivity contribution in [3.05, 3.63) is 48.3 Å². The summed E-state index contributed by atoms with van der Waals surface area (Å²) in [6, 6.07) is 0. The summed E-state index contributed by atoms with van der Waals surface area (Å²) in [5.74, 6) is 1.39. The van der Waals surface area contributed by atoms with E-state index in [-0.39, 0.29) is 17.1 Å². The number of nitrogens with one attached hydrogen (secondary N) is 1. The Morgan fingerprint density at radius 2 is 2.37 bits per heavy atom. The summed E-state index contributed by atoms with van der Waals surface area (Å²) in [4.78, 5) is 12.0. The Balaban J connectivity index is 1.90. The molecule has 100 valence electrons. The molecule has 0 aromatic rings. The van der Waals surface area contributed by atoms with Crippen molar-refractivity contribution in [2.24, 2.45) is 5.92 Å². The van der Waals surface area contributed by atoms with E-state index >= 15 is 0 Å². The van der Waals surface area contributed by atoms with E-state index in [1.54, 1.807) is 18.0 Å². The van der Waals surface area contributed by atoms with Gasteiger partial charge in [-0.1, -0.05) is 23.8 Å². The largest absolute Gasteiger partial charge is 0.466 e. The molecule has 0 spiro atoms. The molecule has 4 nitrogen and oxygen atoms in total. The van der Waals surface area contributed by atoms with Gasteiger partial charge in [0.05, 0.1) is 17.0 Å². The van der Waals surface area contributed by atoms with Gasteiger partial charge in [0.15, 0.2) is 0 Å². The maximum Gasteiger partial charge on any atom is 0.234 e. The predicted octanol–water partition coefficient (Wildman–Crippen LogP) is 2.43. The third kappa shape index (κ3) is 2.56. The SMILES string of the molecule is O=C1NCSC1C(C1=CC=CCC1)C1=COC=CO1. The zero-order valence-electron chi connectivity index (χ0n) is 10.4. The molecule has 1 amide bonds. The fourth-order valence-corrected chi connectivity index (χ4v) is 3.59. The van der Waals surface area contributed by atoms with Crippen LogP contribution in [0.5, 0.6) is 0 Å². The van der Waals surface area contributed by atoms with Gasteiger partial charge in [-0.3, -0.25) is 4.79 Å².